The Bertz CT molecular complexity index is 565. The second-order valence-corrected chi connectivity index (χ2v) is 16.6. The van der Waals surface area contributed by atoms with Crippen molar-refractivity contribution in [2.24, 2.45) is 16.2 Å². The monoisotopic (exact) mass is 348 g/mol. The van der Waals surface area contributed by atoms with Crippen molar-refractivity contribution in [3.63, 3.8) is 0 Å². The molecule has 24 heavy (non-hydrogen) atoms. The molecule has 0 bridgehead atoms. The Hall–Kier alpha value is -0.0831. The molecule has 3 rings (SSSR count). The Balaban J connectivity index is 2.06. The minimum absolute atomic E-state index is 0.269. The molecule has 0 unspecified atom stereocenters. The van der Waals surface area contributed by atoms with Crippen molar-refractivity contribution in [1.29, 1.82) is 0 Å². The highest BCUT2D eigenvalue weighted by Crippen LogP contribution is 2.68. The molecule has 2 saturated carbocycles. The summed E-state index contributed by atoms with van der Waals surface area (Å²) in [6, 6.07) is 0. The van der Waals surface area contributed by atoms with E-state index < -0.39 is 8.32 Å². The van der Waals surface area contributed by atoms with E-state index in [1.807, 2.05) is 5.57 Å². The van der Waals surface area contributed by atoms with E-state index in [9.17, 15) is 0 Å². The predicted octanol–water partition coefficient (Wildman–Crippen LogP) is 7.09. The molecule has 0 aromatic rings. The number of fused-ring (bicyclic) bond motifs is 2. The first-order valence-corrected chi connectivity index (χ1v) is 13.0. The molecular formula is C22H40OSi. The molecule has 0 heterocycles. The first-order chi connectivity index (χ1) is 10.7. The lowest BCUT2D eigenvalue weighted by molar-refractivity contribution is 0.102. The van der Waals surface area contributed by atoms with E-state index in [4.69, 9.17) is 4.43 Å². The molecule has 3 aliphatic carbocycles. The largest absolute Gasteiger partial charge is 0.410 e. The third-order valence-corrected chi connectivity index (χ3v) is 12.4. The molecule has 0 aromatic carbocycles. The van der Waals surface area contributed by atoms with Crippen LogP contribution < -0.4 is 0 Å². The molecular weight excluding hydrogens is 308 g/mol. The third kappa shape index (κ3) is 2.67. The maximum Gasteiger partial charge on any atom is 0.192 e. The lowest BCUT2D eigenvalue weighted by Crippen LogP contribution is -2.47. The molecule has 2 fully saturated rings. The van der Waals surface area contributed by atoms with Crippen LogP contribution in [0.25, 0.3) is 0 Å². The highest BCUT2D eigenvalue weighted by Gasteiger charge is 2.61. The van der Waals surface area contributed by atoms with Gasteiger partial charge in [-0.05, 0) is 72.1 Å². The van der Waals surface area contributed by atoms with Gasteiger partial charge in [0.2, 0.25) is 0 Å². The van der Waals surface area contributed by atoms with Gasteiger partial charge in [-0.1, -0.05) is 60.5 Å². The van der Waals surface area contributed by atoms with Gasteiger partial charge in [0, 0.05) is 0 Å². The Labute approximate surface area is 151 Å². The lowest BCUT2D eigenvalue weighted by Gasteiger charge is -2.43. The molecule has 0 aromatic heterocycles. The van der Waals surface area contributed by atoms with Crippen molar-refractivity contribution in [1.82, 2.24) is 0 Å². The van der Waals surface area contributed by atoms with Crippen LogP contribution in [0, 0.1) is 16.2 Å². The summed E-state index contributed by atoms with van der Waals surface area (Å²) in [5.74, 6) is 0. The first kappa shape index (κ1) is 18.7. The van der Waals surface area contributed by atoms with Crippen molar-refractivity contribution in [3.8, 4) is 0 Å². The van der Waals surface area contributed by atoms with E-state index in [1.165, 1.54) is 38.5 Å². The molecule has 0 N–H and O–H groups in total. The quantitative estimate of drug-likeness (QED) is 0.382. The zero-order valence-electron chi connectivity index (χ0n) is 17.7. The van der Waals surface area contributed by atoms with Crippen LogP contribution in [0.2, 0.25) is 18.1 Å². The Morgan fingerprint density at radius 3 is 2.17 bits per heavy atom. The van der Waals surface area contributed by atoms with E-state index in [1.54, 1.807) is 5.57 Å². The van der Waals surface area contributed by atoms with Crippen molar-refractivity contribution in [2.45, 2.75) is 111 Å². The van der Waals surface area contributed by atoms with Gasteiger partial charge in [0.1, 0.15) is 0 Å². The van der Waals surface area contributed by atoms with Gasteiger partial charge >= 0.3 is 0 Å². The second-order valence-electron chi connectivity index (χ2n) is 11.8. The van der Waals surface area contributed by atoms with E-state index in [2.05, 4.69) is 61.6 Å². The van der Waals surface area contributed by atoms with Gasteiger partial charge in [0.05, 0.1) is 6.10 Å². The number of allylic oxidation sites excluding steroid dienone is 1. The van der Waals surface area contributed by atoms with Crippen LogP contribution in [-0.2, 0) is 4.43 Å². The van der Waals surface area contributed by atoms with Crippen LogP contribution >= 0.6 is 0 Å². The summed E-state index contributed by atoms with van der Waals surface area (Å²) in [7, 11) is -1.77. The van der Waals surface area contributed by atoms with Crippen molar-refractivity contribution in [2.75, 3.05) is 0 Å². The maximum atomic E-state index is 7.13. The van der Waals surface area contributed by atoms with Crippen molar-refractivity contribution >= 4 is 8.32 Å². The van der Waals surface area contributed by atoms with Crippen molar-refractivity contribution < 1.29 is 4.43 Å². The van der Waals surface area contributed by atoms with E-state index in [-0.39, 0.29) is 10.5 Å². The second kappa shape index (κ2) is 5.22. The Kier molecular flexibility index (Phi) is 4.07. The fourth-order valence-corrected chi connectivity index (χ4v) is 7.44. The molecule has 138 valence electrons. The molecule has 0 amide bonds. The summed E-state index contributed by atoms with van der Waals surface area (Å²) < 4.78 is 7.13. The molecule has 0 aliphatic heterocycles. The third-order valence-electron chi connectivity index (χ3n) is 7.93. The van der Waals surface area contributed by atoms with Crippen LogP contribution in [0.4, 0.5) is 0 Å². The van der Waals surface area contributed by atoms with Gasteiger partial charge in [0.25, 0.3) is 0 Å². The molecule has 2 heteroatoms. The fourth-order valence-electron chi connectivity index (χ4n) is 6.06. The average Bonchev–Trinajstić information content (AvgIpc) is 2.69. The van der Waals surface area contributed by atoms with Crippen LogP contribution in [0.15, 0.2) is 11.1 Å². The van der Waals surface area contributed by atoms with Crippen LogP contribution in [-0.4, -0.2) is 14.4 Å². The van der Waals surface area contributed by atoms with Crippen LogP contribution in [0.5, 0.6) is 0 Å². The smallest absolute Gasteiger partial charge is 0.192 e. The average molecular weight is 349 g/mol. The minimum Gasteiger partial charge on any atom is -0.410 e. The minimum atomic E-state index is -1.77. The number of hydrogen-bond acceptors (Lipinski definition) is 1. The zero-order chi connectivity index (χ0) is 18.2. The van der Waals surface area contributed by atoms with Gasteiger partial charge in [-0.25, -0.2) is 0 Å². The number of rotatable bonds is 2. The summed E-state index contributed by atoms with van der Waals surface area (Å²) in [6.45, 7) is 22.0. The number of hydrogen-bond donors (Lipinski definition) is 0. The Morgan fingerprint density at radius 1 is 0.958 bits per heavy atom. The first-order valence-electron chi connectivity index (χ1n) is 10.1. The lowest BCUT2D eigenvalue weighted by atomic mass is 9.68. The molecule has 3 aliphatic rings. The van der Waals surface area contributed by atoms with E-state index in [0.717, 1.165) is 0 Å². The standard InChI is InChI=1S/C22H40OSi/c1-19(2,3)24(8,9)23-18-17-16-12-10-11-13-21(16,6)15-22(17,7)14-20(18,4)5/h18H,10-15H2,1-9H3/t18-,21-,22-/m1/s1. The fraction of sp³-hybridized carbons (Fsp3) is 0.909. The normalized spacial score (nSPS) is 39.1. The maximum absolute atomic E-state index is 7.13. The van der Waals surface area contributed by atoms with Gasteiger partial charge < -0.3 is 4.43 Å². The summed E-state index contributed by atoms with van der Waals surface area (Å²) in [5.41, 5.74) is 4.68. The topological polar surface area (TPSA) is 9.23 Å². The summed E-state index contributed by atoms with van der Waals surface area (Å²) in [5, 5.41) is 0.280. The molecule has 3 atom stereocenters. The van der Waals surface area contributed by atoms with Gasteiger partial charge in [-0.15, -0.1) is 0 Å². The van der Waals surface area contributed by atoms with Crippen LogP contribution in [0.3, 0.4) is 0 Å². The summed E-state index contributed by atoms with van der Waals surface area (Å²) in [6.07, 6.45) is 8.54. The highest BCUT2D eigenvalue weighted by molar-refractivity contribution is 6.74. The highest BCUT2D eigenvalue weighted by atomic mass is 28.4. The molecule has 0 radical (unpaired) electrons. The van der Waals surface area contributed by atoms with E-state index >= 15 is 0 Å². The van der Waals surface area contributed by atoms with Crippen molar-refractivity contribution in [3.05, 3.63) is 11.1 Å². The molecule has 0 spiro atoms. The van der Waals surface area contributed by atoms with Gasteiger partial charge in [-0.2, -0.15) is 0 Å². The van der Waals surface area contributed by atoms with Crippen LogP contribution in [0.1, 0.15) is 87.0 Å². The SMILES string of the molecule is CC1(C)C[C@]2(C)C[C@@]3(C)CCCCC3=C2[C@H]1O[Si](C)(C)C(C)(C)C. The molecule has 1 nitrogen and oxygen atoms in total. The summed E-state index contributed by atoms with van der Waals surface area (Å²) in [4.78, 5) is 0. The summed E-state index contributed by atoms with van der Waals surface area (Å²) >= 11 is 0. The Morgan fingerprint density at radius 2 is 1.58 bits per heavy atom. The zero-order valence-corrected chi connectivity index (χ0v) is 18.7. The van der Waals surface area contributed by atoms with Gasteiger partial charge in [-0.3, -0.25) is 0 Å². The van der Waals surface area contributed by atoms with E-state index in [0.29, 0.717) is 16.9 Å². The molecule has 0 saturated heterocycles. The van der Waals surface area contributed by atoms with Gasteiger partial charge in [0.15, 0.2) is 8.32 Å². The predicted molar refractivity (Wildman–Crippen MR) is 107 cm³/mol.